The van der Waals surface area contributed by atoms with E-state index < -0.39 is 0 Å². The van der Waals surface area contributed by atoms with E-state index in [0.717, 1.165) is 11.5 Å². The van der Waals surface area contributed by atoms with Gasteiger partial charge in [0, 0.05) is 13.0 Å². The number of hydrogen-bond acceptors (Lipinski definition) is 3. The lowest BCUT2D eigenvalue weighted by atomic mass is 10.0. The third kappa shape index (κ3) is 2.59. The molecule has 1 aromatic heterocycles. The molecule has 13 heavy (non-hydrogen) atoms. The molecule has 4 nitrogen and oxygen atoms in total. The topological polar surface area (TPSA) is 82.2 Å². The summed E-state index contributed by atoms with van der Waals surface area (Å²) >= 11 is 0. The van der Waals surface area contributed by atoms with E-state index in [-0.39, 0.29) is 18.4 Å². The van der Waals surface area contributed by atoms with Gasteiger partial charge in [-0.2, -0.15) is 0 Å². The van der Waals surface area contributed by atoms with Crippen LogP contribution in [-0.2, 0) is 11.2 Å². The number of carbonyl (C=O) groups is 1. The van der Waals surface area contributed by atoms with Gasteiger partial charge >= 0.3 is 0 Å². The van der Waals surface area contributed by atoms with E-state index in [1.165, 1.54) is 0 Å². The molecule has 0 saturated heterocycles. The van der Waals surface area contributed by atoms with E-state index in [1.54, 1.807) is 0 Å². The smallest absolute Gasteiger partial charge is 0.222 e. The summed E-state index contributed by atoms with van der Waals surface area (Å²) in [5, 5.41) is 0. The van der Waals surface area contributed by atoms with Crippen molar-refractivity contribution in [3.8, 4) is 0 Å². The third-order valence-electron chi connectivity index (χ3n) is 1.93. The molecule has 1 amide bonds. The van der Waals surface area contributed by atoms with Crippen LogP contribution in [0.4, 0.5) is 0 Å². The molecule has 1 heterocycles. The van der Waals surface area contributed by atoms with Gasteiger partial charge in [-0.25, -0.2) is 0 Å². The van der Waals surface area contributed by atoms with Crippen molar-refractivity contribution >= 4 is 5.91 Å². The summed E-state index contributed by atoms with van der Waals surface area (Å²) in [5.74, 6) is 0.879. The van der Waals surface area contributed by atoms with E-state index in [2.05, 4.69) is 0 Å². The molecule has 4 N–H and O–H groups in total. The quantitative estimate of drug-likeness (QED) is 0.697. The van der Waals surface area contributed by atoms with Crippen LogP contribution in [0.3, 0.4) is 0 Å². The number of rotatable bonds is 4. The minimum Gasteiger partial charge on any atom is -0.466 e. The fraction of sp³-hybridized carbons (Fsp3) is 0.444. The Kier molecular flexibility index (Phi) is 3.08. The first-order valence-corrected chi connectivity index (χ1v) is 4.18. The molecular weight excluding hydrogens is 168 g/mol. The van der Waals surface area contributed by atoms with Crippen molar-refractivity contribution in [1.29, 1.82) is 0 Å². The molecule has 1 unspecified atom stereocenters. The van der Waals surface area contributed by atoms with Crippen molar-refractivity contribution in [2.24, 2.45) is 17.4 Å². The Hall–Kier alpha value is -1.29. The standard InChI is InChI=1S/C9H14N2O2/c1-6-2-3-8(13-6)4-7(5-10)9(11)12/h2-3,7H,4-5,10H2,1H3,(H2,11,12). The average Bonchev–Trinajstić information content (AvgIpc) is 2.46. The molecule has 0 saturated carbocycles. The van der Waals surface area contributed by atoms with Gasteiger partial charge in [-0.15, -0.1) is 0 Å². The molecule has 1 atom stereocenters. The summed E-state index contributed by atoms with van der Waals surface area (Å²) in [5.41, 5.74) is 10.5. The fourth-order valence-corrected chi connectivity index (χ4v) is 1.14. The highest BCUT2D eigenvalue weighted by molar-refractivity contribution is 5.77. The monoisotopic (exact) mass is 182 g/mol. The van der Waals surface area contributed by atoms with Crippen LogP contribution in [-0.4, -0.2) is 12.5 Å². The molecule has 4 heteroatoms. The Labute approximate surface area is 76.9 Å². The maximum absolute atomic E-state index is 10.8. The number of hydrogen-bond donors (Lipinski definition) is 2. The third-order valence-corrected chi connectivity index (χ3v) is 1.93. The number of amides is 1. The SMILES string of the molecule is Cc1ccc(CC(CN)C(N)=O)o1. The molecule has 72 valence electrons. The Morgan fingerprint density at radius 3 is 2.69 bits per heavy atom. The molecule has 0 fully saturated rings. The zero-order chi connectivity index (χ0) is 9.84. The summed E-state index contributed by atoms with van der Waals surface area (Å²) in [6, 6.07) is 3.69. The second-order valence-electron chi connectivity index (χ2n) is 3.05. The van der Waals surface area contributed by atoms with Crippen molar-refractivity contribution in [2.75, 3.05) is 6.54 Å². The van der Waals surface area contributed by atoms with Crippen LogP contribution in [0, 0.1) is 12.8 Å². The van der Waals surface area contributed by atoms with Gasteiger partial charge in [-0.3, -0.25) is 4.79 Å². The van der Waals surface area contributed by atoms with Crippen LogP contribution in [0.2, 0.25) is 0 Å². The summed E-state index contributed by atoms with van der Waals surface area (Å²) in [6.45, 7) is 2.11. The van der Waals surface area contributed by atoms with Crippen LogP contribution >= 0.6 is 0 Å². The van der Waals surface area contributed by atoms with E-state index >= 15 is 0 Å². The van der Waals surface area contributed by atoms with E-state index in [0.29, 0.717) is 6.42 Å². The fourth-order valence-electron chi connectivity index (χ4n) is 1.14. The van der Waals surface area contributed by atoms with Crippen molar-refractivity contribution in [3.63, 3.8) is 0 Å². The predicted octanol–water partition coefficient (Wildman–Crippen LogP) is 0.191. The highest BCUT2D eigenvalue weighted by Gasteiger charge is 2.15. The van der Waals surface area contributed by atoms with Crippen LogP contribution < -0.4 is 11.5 Å². The van der Waals surface area contributed by atoms with Crippen molar-refractivity contribution < 1.29 is 9.21 Å². The molecule has 0 aliphatic rings. The predicted molar refractivity (Wildman–Crippen MR) is 48.9 cm³/mol. The zero-order valence-corrected chi connectivity index (χ0v) is 7.62. The first-order valence-electron chi connectivity index (χ1n) is 4.18. The Bertz CT molecular complexity index is 294. The van der Waals surface area contributed by atoms with Gasteiger partial charge in [0.2, 0.25) is 5.91 Å². The normalized spacial score (nSPS) is 12.8. The number of furan rings is 1. The van der Waals surface area contributed by atoms with Crippen molar-refractivity contribution in [3.05, 3.63) is 23.7 Å². The molecule has 1 rings (SSSR count). The molecule has 0 aliphatic heterocycles. The van der Waals surface area contributed by atoms with Crippen LogP contribution in [0.1, 0.15) is 11.5 Å². The first-order chi connectivity index (χ1) is 6.13. The van der Waals surface area contributed by atoms with Crippen molar-refractivity contribution in [1.82, 2.24) is 0 Å². The van der Waals surface area contributed by atoms with Gasteiger partial charge in [0.25, 0.3) is 0 Å². The largest absolute Gasteiger partial charge is 0.466 e. The lowest BCUT2D eigenvalue weighted by Crippen LogP contribution is -2.31. The molecule has 0 bridgehead atoms. The lowest BCUT2D eigenvalue weighted by Gasteiger charge is -2.07. The van der Waals surface area contributed by atoms with Gasteiger partial charge in [0.15, 0.2) is 0 Å². The van der Waals surface area contributed by atoms with Crippen LogP contribution in [0.15, 0.2) is 16.5 Å². The second kappa shape index (κ2) is 4.09. The molecule has 1 aromatic rings. The summed E-state index contributed by atoms with van der Waals surface area (Å²) < 4.78 is 5.30. The Morgan fingerprint density at radius 2 is 2.31 bits per heavy atom. The van der Waals surface area contributed by atoms with E-state index in [1.807, 2.05) is 19.1 Å². The van der Waals surface area contributed by atoms with Gasteiger partial charge in [-0.05, 0) is 19.1 Å². The zero-order valence-electron chi connectivity index (χ0n) is 7.62. The average molecular weight is 182 g/mol. The minimum atomic E-state index is -0.378. The van der Waals surface area contributed by atoms with Gasteiger partial charge in [0.05, 0.1) is 5.92 Å². The maximum atomic E-state index is 10.8. The lowest BCUT2D eigenvalue weighted by molar-refractivity contribution is -0.121. The first kappa shape index (κ1) is 9.80. The van der Waals surface area contributed by atoms with E-state index in [4.69, 9.17) is 15.9 Å². The molecule has 0 spiro atoms. The molecule has 0 aromatic carbocycles. The summed E-state index contributed by atoms with van der Waals surface area (Å²) in [4.78, 5) is 10.8. The number of carbonyl (C=O) groups excluding carboxylic acids is 1. The van der Waals surface area contributed by atoms with Gasteiger partial charge in [0.1, 0.15) is 11.5 Å². The molecule has 0 aliphatic carbocycles. The molecular formula is C9H14N2O2. The molecule has 0 radical (unpaired) electrons. The van der Waals surface area contributed by atoms with Crippen LogP contribution in [0.25, 0.3) is 0 Å². The number of nitrogens with two attached hydrogens (primary N) is 2. The highest BCUT2D eigenvalue weighted by atomic mass is 16.3. The number of aryl methyl sites for hydroxylation is 1. The van der Waals surface area contributed by atoms with Crippen LogP contribution in [0.5, 0.6) is 0 Å². The van der Waals surface area contributed by atoms with Gasteiger partial charge < -0.3 is 15.9 Å². The van der Waals surface area contributed by atoms with E-state index in [9.17, 15) is 4.79 Å². The minimum absolute atomic E-state index is 0.259. The van der Waals surface area contributed by atoms with Crippen molar-refractivity contribution in [2.45, 2.75) is 13.3 Å². The maximum Gasteiger partial charge on any atom is 0.222 e. The highest BCUT2D eigenvalue weighted by Crippen LogP contribution is 2.11. The number of primary amides is 1. The summed E-state index contributed by atoms with van der Waals surface area (Å²) in [6.07, 6.45) is 0.486. The second-order valence-corrected chi connectivity index (χ2v) is 3.05. The Morgan fingerprint density at radius 1 is 1.62 bits per heavy atom. The van der Waals surface area contributed by atoms with Gasteiger partial charge in [-0.1, -0.05) is 0 Å². The summed E-state index contributed by atoms with van der Waals surface area (Å²) in [7, 11) is 0. The Balaban J connectivity index is 2.61.